The standard InChI is InChI=1S/C16H23N3S/c20-16(18-15-7-8-15)17-11-13-3-5-14(6-4-13)12-19-9-1-2-10-19/h3-6,15H,1-2,7-12H2,(H2,17,18,20). The topological polar surface area (TPSA) is 27.3 Å². The van der Waals surface area contributed by atoms with Gasteiger partial charge in [0.1, 0.15) is 0 Å². The van der Waals surface area contributed by atoms with E-state index in [1.807, 2.05) is 0 Å². The van der Waals surface area contributed by atoms with Crippen LogP contribution in [0.15, 0.2) is 24.3 Å². The molecule has 108 valence electrons. The molecule has 1 saturated heterocycles. The SMILES string of the molecule is S=C(NCc1ccc(CN2CCCC2)cc1)NC1CC1. The molecule has 1 aromatic carbocycles. The van der Waals surface area contributed by atoms with E-state index in [1.54, 1.807) is 0 Å². The zero-order valence-electron chi connectivity index (χ0n) is 11.9. The van der Waals surface area contributed by atoms with E-state index in [1.165, 1.54) is 49.9 Å². The maximum Gasteiger partial charge on any atom is 0.166 e. The Morgan fingerprint density at radius 2 is 1.75 bits per heavy atom. The Kier molecular flexibility index (Phi) is 4.53. The normalized spacial score (nSPS) is 19.0. The predicted molar refractivity (Wildman–Crippen MR) is 86.5 cm³/mol. The molecule has 2 aliphatic rings. The van der Waals surface area contributed by atoms with Crippen molar-refractivity contribution < 1.29 is 0 Å². The van der Waals surface area contributed by atoms with Gasteiger partial charge >= 0.3 is 0 Å². The number of nitrogens with zero attached hydrogens (tertiary/aromatic N) is 1. The Morgan fingerprint density at radius 1 is 1.10 bits per heavy atom. The van der Waals surface area contributed by atoms with Crippen LogP contribution in [-0.2, 0) is 13.1 Å². The Morgan fingerprint density at radius 3 is 2.40 bits per heavy atom. The van der Waals surface area contributed by atoms with Crippen LogP contribution < -0.4 is 10.6 Å². The highest BCUT2D eigenvalue weighted by atomic mass is 32.1. The summed E-state index contributed by atoms with van der Waals surface area (Å²) < 4.78 is 0. The van der Waals surface area contributed by atoms with Crippen LogP contribution in [0.25, 0.3) is 0 Å². The summed E-state index contributed by atoms with van der Waals surface area (Å²) in [5.41, 5.74) is 2.70. The maximum absolute atomic E-state index is 5.26. The third kappa shape index (κ3) is 4.18. The number of likely N-dealkylation sites (tertiary alicyclic amines) is 1. The minimum absolute atomic E-state index is 0.623. The second-order valence-corrected chi connectivity index (χ2v) is 6.31. The van der Waals surface area contributed by atoms with E-state index in [9.17, 15) is 0 Å². The number of thiocarbonyl (C=S) groups is 1. The highest BCUT2D eigenvalue weighted by Gasteiger charge is 2.21. The Hall–Kier alpha value is -1.13. The van der Waals surface area contributed by atoms with Crippen LogP contribution in [0, 0.1) is 0 Å². The predicted octanol–water partition coefficient (Wildman–Crippen LogP) is 2.41. The quantitative estimate of drug-likeness (QED) is 0.814. The van der Waals surface area contributed by atoms with Crippen molar-refractivity contribution in [1.29, 1.82) is 0 Å². The molecule has 0 aromatic heterocycles. The van der Waals surface area contributed by atoms with Gasteiger partial charge in [0.05, 0.1) is 0 Å². The third-order valence-corrected chi connectivity index (χ3v) is 4.26. The molecule has 1 aliphatic heterocycles. The van der Waals surface area contributed by atoms with Crippen molar-refractivity contribution >= 4 is 17.3 Å². The van der Waals surface area contributed by atoms with Gasteiger partial charge in [-0.25, -0.2) is 0 Å². The molecule has 3 rings (SSSR count). The van der Waals surface area contributed by atoms with E-state index in [4.69, 9.17) is 12.2 Å². The summed E-state index contributed by atoms with van der Waals surface area (Å²) in [5.74, 6) is 0. The summed E-state index contributed by atoms with van der Waals surface area (Å²) in [6.45, 7) is 4.41. The van der Waals surface area contributed by atoms with Crippen LogP contribution in [0.2, 0.25) is 0 Å². The van der Waals surface area contributed by atoms with Crippen molar-refractivity contribution in [1.82, 2.24) is 15.5 Å². The largest absolute Gasteiger partial charge is 0.360 e. The third-order valence-electron chi connectivity index (χ3n) is 3.99. The lowest BCUT2D eigenvalue weighted by Gasteiger charge is -2.15. The van der Waals surface area contributed by atoms with Gasteiger partial charge in [-0.1, -0.05) is 24.3 Å². The summed E-state index contributed by atoms with van der Waals surface area (Å²) in [4.78, 5) is 2.53. The van der Waals surface area contributed by atoms with Gasteiger partial charge in [-0.2, -0.15) is 0 Å². The van der Waals surface area contributed by atoms with Crippen LogP contribution in [0.1, 0.15) is 36.8 Å². The average molecular weight is 289 g/mol. The summed E-state index contributed by atoms with van der Waals surface area (Å²) in [5, 5.41) is 7.36. The Bertz CT molecular complexity index is 447. The first-order valence-electron chi connectivity index (χ1n) is 7.64. The molecule has 1 saturated carbocycles. The lowest BCUT2D eigenvalue weighted by Crippen LogP contribution is -2.36. The van der Waals surface area contributed by atoms with Gasteiger partial charge in [0.2, 0.25) is 0 Å². The van der Waals surface area contributed by atoms with Crippen LogP contribution >= 0.6 is 12.2 Å². The molecule has 0 bridgehead atoms. The molecular formula is C16H23N3S. The second-order valence-electron chi connectivity index (χ2n) is 5.90. The molecule has 3 nitrogen and oxygen atoms in total. The first-order chi connectivity index (χ1) is 9.79. The molecular weight excluding hydrogens is 266 g/mol. The molecule has 1 aromatic rings. The lowest BCUT2D eigenvalue weighted by atomic mass is 10.1. The Balaban J connectivity index is 1.44. The van der Waals surface area contributed by atoms with Crippen molar-refractivity contribution in [2.45, 2.75) is 44.8 Å². The fraction of sp³-hybridized carbons (Fsp3) is 0.562. The second kappa shape index (κ2) is 6.55. The minimum Gasteiger partial charge on any atom is -0.360 e. The first-order valence-corrected chi connectivity index (χ1v) is 8.05. The van der Waals surface area contributed by atoms with Crippen LogP contribution in [0.5, 0.6) is 0 Å². The first kappa shape index (κ1) is 13.8. The van der Waals surface area contributed by atoms with Crippen molar-refractivity contribution in [3.63, 3.8) is 0 Å². The summed E-state index contributed by atoms with van der Waals surface area (Å²) in [7, 11) is 0. The minimum atomic E-state index is 0.623. The summed E-state index contributed by atoms with van der Waals surface area (Å²) in [6, 6.07) is 9.52. The van der Waals surface area contributed by atoms with E-state index >= 15 is 0 Å². The van der Waals surface area contributed by atoms with E-state index in [2.05, 4.69) is 39.8 Å². The van der Waals surface area contributed by atoms with Gasteiger partial charge in [0, 0.05) is 19.1 Å². The van der Waals surface area contributed by atoms with Gasteiger partial charge in [-0.05, 0) is 62.1 Å². The fourth-order valence-corrected chi connectivity index (χ4v) is 2.85. The van der Waals surface area contributed by atoms with E-state index in [0.717, 1.165) is 18.2 Å². The number of nitrogens with one attached hydrogen (secondary N) is 2. The number of rotatable bonds is 5. The number of hydrogen-bond acceptors (Lipinski definition) is 2. The van der Waals surface area contributed by atoms with Crippen molar-refractivity contribution in [3.8, 4) is 0 Å². The van der Waals surface area contributed by atoms with Gasteiger partial charge < -0.3 is 10.6 Å². The number of benzene rings is 1. The maximum atomic E-state index is 5.26. The molecule has 0 spiro atoms. The molecule has 0 amide bonds. The Labute approximate surface area is 126 Å². The van der Waals surface area contributed by atoms with Crippen LogP contribution in [0.4, 0.5) is 0 Å². The summed E-state index contributed by atoms with van der Waals surface area (Å²) in [6.07, 6.45) is 5.22. The highest BCUT2D eigenvalue weighted by Crippen LogP contribution is 2.18. The van der Waals surface area contributed by atoms with Crippen LogP contribution in [0.3, 0.4) is 0 Å². The van der Waals surface area contributed by atoms with Gasteiger partial charge in [0.15, 0.2) is 5.11 Å². The van der Waals surface area contributed by atoms with Crippen molar-refractivity contribution in [2.75, 3.05) is 13.1 Å². The number of hydrogen-bond donors (Lipinski definition) is 2. The zero-order valence-corrected chi connectivity index (χ0v) is 12.7. The highest BCUT2D eigenvalue weighted by molar-refractivity contribution is 7.80. The molecule has 1 aliphatic carbocycles. The molecule has 1 heterocycles. The van der Waals surface area contributed by atoms with Crippen molar-refractivity contribution in [3.05, 3.63) is 35.4 Å². The molecule has 20 heavy (non-hydrogen) atoms. The van der Waals surface area contributed by atoms with Crippen LogP contribution in [-0.4, -0.2) is 29.1 Å². The molecule has 0 atom stereocenters. The van der Waals surface area contributed by atoms with Gasteiger partial charge in [-0.15, -0.1) is 0 Å². The summed E-state index contributed by atoms with van der Waals surface area (Å²) >= 11 is 5.26. The molecule has 2 N–H and O–H groups in total. The molecule has 0 radical (unpaired) electrons. The average Bonchev–Trinajstić information content (AvgIpc) is 3.12. The molecule has 4 heteroatoms. The van der Waals surface area contributed by atoms with Gasteiger partial charge in [-0.3, -0.25) is 4.90 Å². The van der Waals surface area contributed by atoms with E-state index in [0.29, 0.717) is 6.04 Å². The molecule has 2 fully saturated rings. The smallest absolute Gasteiger partial charge is 0.166 e. The van der Waals surface area contributed by atoms with Crippen molar-refractivity contribution in [2.24, 2.45) is 0 Å². The fourth-order valence-electron chi connectivity index (χ4n) is 2.61. The lowest BCUT2D eigenvalue weighted by molar-refractivity contribution is 0.331. The van der Waals surface area contributed by atoms with E-state index in [-0.39, 0.29) is 0 Å². The van der Waals surface area contributed by atoms with Gasteiger partial charge in [0.25, 0.3) is 0 Å². The zero-order chi connectivity index (χ0) is 13.8. The monoisotopic (exact) mass is 289 g/mol. The molecule has 0 unspecified atom stereocenters. The van der Waals surface area contributed by atoms with E-state index < -0.39 is 0 Å².